The van der Waals surface area contributed by atoms with Gasteiger partial charge in [-0.05, 0) is 53.1 Å². The van der Waals surface area contributed by atoms with Gasteiger partial charge in [-0.2, -0.15) is 4.68 Å². The molecule has 1 heterocycles. The van der Waals surface area contributed by atoms with E-state index in [2.05, 4.69) is 46.8 Å². The van der Waals surface area contributed by atoms with E-state index in [1.807, 2.05) is 37.3 Å². The van der Waals surface area contributed by atoms with Crippen LogP contribution in [0.2, 0.25) is 0 Å². The second kappa shape index (κ2) is 8.88. The van der Waals surface area contributed by atoms with Gasteiger partial charge in [-0.15, -0.1) is 5.10 Å². The summed E-state index contributed by atoms with van der Waals surface area (Å²) in [6.45, 7) is 6.12. The van der Waals surface area contributed by atoms with Gasteiger partial charge in [0.25, 0.3) is 0 Å². The number of carbonyl (C=O) groups is 1. The Morgan fingerprint density at radius 2 is 1.89 bits per heavy atom. The molecule has 7 nitrogen and oxygen atoms in total. The Kier molecular flexibility index (Phi) is 6.30. The van der Waals surface area contributed by atoms with Crippen LogP contribution in [0.25, 0.3) is 5.69 Å². The molecule has 8 heteroatoms. The lowest BCUT2D eigenvalue weighted by molar-refractivity contribution is -0.115. The third-order valence-electron chi connectivity index (χ3n) is 4.23. The quantitative estimate of drug-likeness (QED) is 0.609. The molecule has 28 heavy (non-hydrogen) atoms. The summed E-state index contributed by atoms with van der Waals surface area (Å²) in [7, 11) is 1.59. The lowest BCUT2D eigenvalue weighted by Gasteiger charge is -2.12. The third-order valence-corrected chi connectivity index (χ3v) is 5.27. The number of hydrogen-bond donors (Lipinski definition) is 1. The molecule has 0 unspecified atom stereocenters. The van der Waals surface area contributed by atoms with Gasteiger partial charge in [0, 0.05) is 11.8 Å². The van der Waals surface area contributed by atoms with Crippen molar-refractivity contribution in [3.63, 3.8) is 0 Å². The lowest BCUT2D eigenvalue weighted by atomic mass is 10.0. The molecule has 0 aliphatic heterocycles. The van der Waals surface area contributed by atoms with Crippen LogP contribution < -0.4 is 10.1 Å². The Labute approximate surface area is 168 Å². The first kappa shape index (κ1) is 19.9. The minimum Gasteiger partial charge on any atom is -0.497 e. The van der Waals surface area contributed by atoms with E-state index in [9.17, 15) is 4.79 Å². The summed E-state index contributed by atoms with van der Waals surface area (Å²) in [5.41, 5.74) is 2.79. The molecule has 0 aliphatic carbocycles. The predicted octanol–water partition coefficient (Wildman–Crippen LogP) is 3.91. The molecule has 3 rings (SSSR count). The Balaban J connectivity index is 1.70. The largest absolute Gasteiger partial charge is 0.497 e. The number of hydrogen-bond acceptors (Lipinski definition) is 6. The normalized spacial score (nSPS) is 12.0. The number of tetrazole rings is 1. The highest BCUT2D eigenvalue weighted by molar-refractivity contribution is 8.00. The Morgan fingerprint density at radius 1 is 1.14 bits per heavy atom. The van der Waals surface area contributed by atoms with Crippen LogP contribution in [0.5, 0.6) is 5.75 Å². The summed E-state index contributed by atoms with van der Waals surface area (Å²) in [6, 6.07) is 15.3. The Bertz CT molecular complexity index is 940. The van der Waals surface area contributed by atoms with Gasteiger partial charge in [-0.3, -0.25) is 4.79 Å². The number of methoxy groups -OCH3 is 1. The fourth-order valence-corrected chi connectivity index (χ4v) is 3.38. The van der Waals surface area contributed by atoms with Crippen molar-refractivity contribution < 1.29 is 9.53 Å². The fourth-order valence-electron chi connectivity index (χ4n) is 2.57. The highest BCUT2D eigenvalue weighted by Crippen LogP contribution is 2.25. The van der Waals surface area contributed by atoms with Gasteiger partial charge in [-0.25, -0.2) is 0 Å². The maximum absolute atomic E-state index is 12.6. The highest BCUT2D eigenvalue weighted by atomic mass is 32.2. The van der Waals surface area contributed by atoms with Crippen LogP contribution in [0.4, 0.5) is 5.69 Å². The fraction of sp³-hybridized carbons (Fsp3) is 0.300. The van der Waals surface area contributed by atoms with E-state index in [1.165, 1.54) is 17.3 Å². The molecule has 3 aromatic rings. The Morgan fingerprint density at radius 3 is 2.57 bits per heavy atom. The average molecular weight is 398 g/mol. The minimum atomic E-state index is -0.383. The van der Waals surface area contributed by atoms with Crippen molar-refractivity contribution in [2.24, 2.45) is 0 Å². The van der Waals surface area contributed by atoms with Crippen molar-refractivity contribution in [1.29, 1.82) is 0 Å². The van der Waals surface area contributed by atoms with E-state index in [1.54, 1.807) is 17.9 Å². The number of carbonyl (C=O) groups excluding carboxylic acids is 1. The van der Waals surface area contributed by atoms with Crippen LogP contribution in [0, 0.1) is 0 Å². The van der Waals surface area contributed by atoms with Crippen LogP contribution in [-0.2, 0) is 4.79 Å². The maximum Gasteiger partial charge on any atom is 0.237 e. The first-order valence-corrected chi connectivity index (χ1v) is 9.86. The van der Waals surface area contributed by atoms with Crippen molar-refractivity contribution in [3.8, 4) is 11.4 Å². The molecule has 0 aliphatic rings. The first-order valence-electron chi connectivity index (χ1n) is 8.98. The van der Waals surface area contributed by atoms with Crippen molar-refractivity contribution in [3.05, 3.63) is 54.1 Å². The molecule has 0 bridgehead atoms. The Hall–Kier alpha value is -2.87. The molecule has 1 amide bonds. The van der Waals surface area contributed by atoms with Crippen LogP contribution in [-0.4, -0.2) is 38.5 Å². The topological polar surface area (TPSA) is 81.9 Å². The predicted molar refractivity (Wildman–Crippen MR) is 110 cm³/mol. The standard InChI is InChI=1S/C20H23N5O2S/c1-13(2)15-8-10-17(11-9-15)25-20(22-23-24-25)28-14(3)19(26)21-16-6-5-7-18(12-16)27-4/h5-14H,1-4H3,(H,21,26)/t14-/m1/s1. The number of benzene rings is 2. The minimum absolute atomic E-state index is 0.136. The zero-order valence-electron chi connectivity index (χ0n) is 16.3. The van der Waals surface area contributed by atoms with E-state index in [4.69, 9.17) is 4.74 Å². The van der Waals surface area contributed by atoms with E-state index < -0.39 is 0 Å². The van der Waals surface area contributed by atoms with Crippen molar-refractivity contribution in [2.45, 2.75) is 37.1 Å². The van der Waals surface area contributed by atoms with Crippen LogP contribution in [0.1, 0.15) is 32.3 Å². The highest BCUT2D eigenvalue weighted by Gasteiger charge is 2.19. The molecule has 0 fully saturated rings. The number of aromatic nitrogens is 4. The summed E-state index contributed by atoms with van der Waals surface area (Å²) in [5.74, 6) is 1.01. The molecule has 0 saturated carbocycles. The number of nitrogens with one attached hydrogen (secondary N) is 1. The average Bonchev–Trinajstić information content (AvgIpc) is 3.16. The van der Waals surface area contributed by atoms with E-state index in [-0.39, 0.29) is 11.2 Å². The van der Waals surface area contributed by atoms with Crippen LogP contribution >= 0.6 is 11.8 Å². The van der Waals surface area contributed by atoms with Gasteiger partial charge in [0.1, 0.15) is 5.75 Å². The lowest BCUT2D eigenvalue weighted by Crippen LogP contribution is -2.22. The van der Waals surface area contributed by atoms with E-state index in [0.29, 0.717) is 22.5 Å². The van der Waals surface area contributed by atoms with E-state index >= 15 is 0 Å². The molecule has 1 N–H and O–H groups in total. The molecule has 1 atom stereocenters. The zero-order valence-corrected chi connectivity index (χ0v) is 17.1. The molecule has 0 radical (unpaired) electrons. The summed E-state index contributed by atoms with van der Waals surface area (Å²) in [6.07, 6.45) is 0. The second-order valence-electron chi connectivity index (χ2n) is 6.60. The van der Waals surface area contributed by atoms with Crippen molar-refractivity contribution in [1.82, 2.24) is 20.2 Å². The second-order valence-corrected chi connectivity index (χ2v) is 7.91. The molecule has 146 valence electrons. The smallest absolute Gasteiger partial charge is 0.237 e. The zero-order chi connectivity index (χ0) is 20.1. The van der Waals surface area contributed by atoms with Crippen molar-refractivity contribution >= 4 is 23.4 Å². The number of rotatable bonds is 7. The monoisotopic (exact) mass is 397 g/mol. The van der Waals surface area contributed by atoms with Gasteiger partial charge < -0.3 is 10.1 Å². The van der Waals surface area contributed by atoms with Gasteiger partial charge in [0.15, 0.2) is 0 Å². The molecular formula is C20H23N5O2S. The van der Waals surface area contributed by atoms with Gasteiger partial charge in [0.2, 0.25) is 11.1 Å². The maximum atomic E-state index is 12.6. The molecule has 0 saturated heterocycles. The first-order chi connectivity index (χ1) is 13.5. The van der Waals surface area contributed by atoms with Gasteiger partial charge in [-0.1, -0.05) is 43.8 Å². The van der Waals surface area contributed by atoms with Crippen molar-refractivity contribution in [2.75, 3.05) is 12.4 Å². The van der Waals surface area contributed by atoms with Crippen LogP contribution in [0.15, 0.2) is 53.7 Å². The molecule has 0 spiro atoms. The third kappa shape index (κ3) is 4.69. The summed E-state index contributed by atoms with van der Waals surface area (Å²) in [4.78, 5) is 12.6. The number of nitrogens with zero attached hydrogens (tertiary/aromatic N) is 4. The van der Waals surface area contributed by atoms with E-state index in [0.717, 1.165) is 5.69 Å². The number of anilines is 1. The van der Waals surface area contributed by atoms with Gasteiger partial charge >= 0.3 is 0 Å². The summed E-state index contributed by atoms with van der Waals surface area (Å²) in [5, 5.41) is 15.0. The molecular weight excluding hydrogens is 374 g/mol. The summed E-state index contributed by atoms with van der Waals surface area (Å²) >= 11 is 1.30. The van der Waals surface area contributed by atoms with Crippen LogP contribution in [0.3, 0.4) is 0 Å². The molecule has 2 aromatic carbocycles. The number of thioether (sulfide) groups is 1. The SMILES string of the molecule is COc1cccc(NC(=O)[C@@H](C)Sc2nnnn2-c2ccc(C(C)C)cc2)c1. The van der Waals surface area contributed by atoms with Gasteiger partial charge in [0.05, 0.1) is 18.0 Å². The summed E-state index contributed by atoms with van der Waals surface area (Å²) < 4.78 is 6.83. The number of ether oxygens (including phenoxy) is 1. The number of amides is 1. The molecule has 1 aromatic heterocycles.